The number of hydrogen-bond donors (Lipinski definition) is 1. The summed E-state index contributed by atoms with van der Waals surface area (Å²) in [7, 11) is 0. The Morgan fingerprint density at radius 3 is 2.62 bits per heavy atom. The van der Waals surface area contributed by atoms with Crippen molar-refractivity contribution in [1.82, 2.24) is 0 Å². The Hall–Kier alpha value is -3.26. The molecule has 1 aliphatic rings. The number of rotatable bonds is 4. The molecule has 134 valence electrons. The highest BCUT2D eigenvalue weighted by Crippen LogP contribution is 2.23. The first-order valence-corrected chi connectivity index (χ1v) is 8.01. The van der Waals surface area contributed by atoms with E-state index in [4.69, 9.17) is 4.74 Å². The van der Waals surface area contributed by atoms with E-state index < -0.39 is 10.8 Å². The molecule has 0 aliphatic carbocycles. The number of anilines is 2. The number of nitrogens with one attached hydrogen (secondary N) is 1. The van der Waals surface area contributed by atoms with Crippen LogP contribution in [0, 0.1) is 17.0 Å². The molecule has 2 aromatic rings. The van der Waals surface area contributed by atoms with Crippen LogP contribution in [0.25, 0.3) is 0 Å². The molecule has 3 rings (SSSR count). The highest BCUT2D eigenvalue weighted by molar-refractivity contribution is 6.06. The van der Waals surface area contributed by atoms with Crippen LogP contribution in [-0.4, -0.2) is 36.5 Å². The van der Waals surface area contributed by atoms with Gasteiger partial charge in [0.2, 0.25) is 0 Å². The molecule has 26 heavy (non-hydrogen) atoms. The number of nitrogens with zero attached hydrogens (tertiary/aromatic N) is 2. The fourth-order valence-corrected chi connectivity index (χ4v) is 2.78. The van der Waals surface area contributed by atoms with Gasteiger partial charge in [-0.05, 0) is 37.3 Å². The second kappa shape index (κ2) is 7.32. The number of benzene rings is 2. The molecular formula is C18H17N3O5. The van der Waals surface area contributed by atoms with Crippen molar-refractivity contribution >= 4 is 28.9 Å². The number of carbonyl (C=O) groups excluding carboxylic acids is 2. The Balaban J connectivity index is 1.75. The van der Waals surface area contributed by atoms with E-state index in [1.165, 1.54) is 12.1 Å². The van der Waals surface area contributed by atoms with Gasteiger partial charge in [-0.15, -0.1) is 0 Å². The molecular weight excluding hydrogens is 338 g/mol. The quantitative estimate of drug-likeness (QED) is 0.671. The number of morpholine rings is 1. The van der Waals surface area contributed by atoms with Gasteiger partial charge < -0.3 is 15.0 Å². The normalized spacial score (nSPS) is 14.2. The molecule has 8 nitrogen and oxygen atoms in total. The average Bonchev–Trinajstić information content (AvgIpc) is 2.63. The van der Waals surface area contributed by atoms with Gasteiger partial charge in [-0.3, -0.25) is 19.7 Å². The molecule has 1 saturated heterocycles. The van der Waals surface area contributed by atoms with Crippen molar-refractivity contribution in [3.8, 4) is 0 Å². The van der Waals surface area contributed by atoms with Crippen molar-refractivity contribution in [3.63, 3.8) is 0 Å². The highest BCUT2D eigenvalue weighted by atomic mass is 16.6. The molecule has 1 aliphatic heterocycles. The number of hydrogen-bond acceptors (Lipinski definition) is 5. The summed E-state index contributed by atoms with van der Waals surface area (Å²) < 4.78 is 5.10. The summed E-state index contributed by atoms with van der Waals surface area (Å²) in [5, 5.41) is 13.7. The van der Waals surface area contributed by atoms with Gasteiger partial charge in [-0.1, -0.05) is 6.07 Å². The molecule has 0 aromatic heterocycles. The molecule has 8 heteroatoms. The van der Waals surface area contributed by atoms with Crippen LogP contribution < -0.4 is 10.2 Å². The maximum absolute atomic E-state index is 12.4. The van der Waals surface area contributed by atoms with E-state index in [1.807, 2.05) is 0 Å². The Morgan fingerprint density at radius 2 is 1.96 bits per heavy atom. The lowest BCUT2D eigenvalue weighted by Crippen LogP contribution is -2.41. The summed E-state index contributed by atoms with van der Waals surface area (Å²) in [6.45, 7) is 2.57. The summed E-state index contributed by atoms with van der Waals surface area (Å²) in [6.07, 6.45) is 0. The van der Waals surface area contributed by atoms with Crippen LogP contribution in [0.1, 0.15) is 15.9 Å². The van der Waals surface area contributed by atoms with Gasteiger partial charge in [-0.25, -0.2) is 0 Å². The Labute approximate surface area is 149 Å². The molecule has 0 spiro atoms. The molecule has 1 fully saturated rings. The lowest BCUT2D eigenvalue weighted by atomic mass is 10.1. The fourth-order valence-electron chi connectivity index (χ4n) is 2.78. The van der Waals surface area contributed by atoms with E-state index in [0.29, 0.717) is 24.4 Å². The molecule has 0 saturated carbocycles. The monoisotopic (exact) mass is 355 g/mol. The van der Waals surface area contributed by atoms with Crippen LogP contribution in [0.5, 0.6) is 0 Å². The van der Waals surface area contributed by atoms with E-state index in [9.17, 15) is 19.7 Å². The van der Waals surface area contributed by atoms with E-state index >= 15 is 0 Å². The van der Waals surface area contributed by atoms with Crippen molar-refractivity contribution in [3.05, 3.63) is 63.7 Å². The number of nitro benzene ring substituents is 1. The van der Waals surface area contributed by atoms with Crippen LogP contribution in [0.4, 0.5) is 17.1 Å². The van der Waals surface area contributed by atoms with E-state index in [2.05, 4.69) is 5.32 Å². The largest absolute Gasteiger partial charge is 0.370 e. The lowest BCUT2D eigenvalue weighted by molar-refractivity contribution is -0.385. The third-order valence-electron chi connectivity index (χ3n) is 4.17. The minimum Gasteiger partial charge on any atom is -0.370 e. The molecule has 0 bridgehead atoms. The van der Waals surface area contributed by atoms with E-state index in [0.717, 1.165) is 5.69 Å². The molecule has 1 N–H and O–H groups in total. The highest BCUT2D eigenvalue weighted by Gasteiger charge is 2.21. The summed E-state index contributed by atoms with van der Waals surface area (Å²) in [5.41, 5.74) is 1.71. The average molecular weight is 355 g/mol. The van der Waals surface area contributed by atoms with Crippen LogP contribution in [0.3, 0.4) is 0 Å². The van der Waals surface area contributed by atoms with Crippen LogP contribution in [0.2, 0.25) is 0 Å². The Morgan fingerprint density at radius 1 is 1.23 bits per heavy atom. The molecule has 2 amide bonds. The first-order chi connectivity index (χ1) is 12.5. The zero-order chi connectivity index (χ0) is 18.7. The van der Waals surface area contributed by atoms with Crippen LogP contribution in [0.15, 0.2) is 42.5 Å². The van der Waals surface area contributed by atoms with Crippen LogP contribution >= 0.6 is 0 Å². The van der Waals surface area contributed by atoms with Crippen molar-refractivity contribution < 1.29 is 19.2 Å². The summed E-state index contributed by atoms with van der Waals surface area (Å²) in [6, 6.07) is 11.2. The molecule has 0 atom stereocenters. The maximum atomic E-state index is 12.4. The molecule has 0 radical (unpaired) electrons. The number of amides is 2. The van der Waals surface area contributed by atoms with Gasteiger partial charge in [0, 0.05) is 35.1 Å². The second-order valence-corrected chi connectivity index (χ2v) is 5.81. The summed E-state index contributed by atoms with van der Waals surface area (Å²) in [4.78, 5) is 36.4. The smallest absolute Gasteiger partial charge is 0.273 e. The maximum Gasteiger partial charge on any atom is 0.273 e. The van der Waals surface area contributed by atoms with Crippen molar-refractivity contribution in [2.24, 2.45) is 0 Å². The zero-order valence-corrected chi connectivity index (χ0v) is 14.1. The predicted octanol–water partition coefficient (Wildman–Crippen LogP) is 2.52. The van der Waals surface area contributed by atoms with E-state index in [-0.39, 0.29) is 23.8 Å². The second-order valence-electron chi connectivity index (χ2n) is 5.81. The van der Waals surface area contributed by atoms with Crippen molar-refractivity contribution in [1.29, 1.82) is 0 Å². The SMILES string of the molecule is Cc1c(C(=O)Nc2ccc(N3CCOCC3=O)cc2)cccc1[N+](=O)[O-]. The van der Waals surface area contributed by atoms with Gasteiger partial charge in [0.15, 0.2) is 0 Å². The number of ether oxygens (including phenoxy) is 1. The Kier molecular flexibility index (Phi) is 4.94. The van der Waals surface area contributed by atoms with Gasteiger partial charge in [0.1, 0.15) is 6.61 Å². The third kappa shape index (κ3) is 3.55. The van der Waals surface area contributed by atoms with Gasteiger partial charge >= 0.3 is 0 Å². The molecule has 1 heterocycles. The fraction of sp³-hybridized carbons (Fsp3) is 0.222. The molecule has 0 unspecified atom stereocenters. The summed E-state index contributed by atoms with van der Waals surface area (Å²) in [5.74, 6) is -0.540. The van der Waals surface area contributed by atoms with Gasteiger partial charge in [-0.2, -0.15) is 0 Å². The third-order valence-corrected chi connectivity index (χ3v) is 4.17. The standard InChI is InChI=1S/C18H17N3O5/c1-12-15(3-2-4-16(12)21(24)25)18(23)19-13-5-7-14(8-6-13)20-9-10-26-11-17(20)22/h2-8H,9-11H2,1H3,(H,19,23). The topological polar surface area (TPSA) is 102 Å². The first-order valence-electron chi connectivity index (χ1n) is 8.01. The van der Waals surface area contributed by atoms with Crippen molar-refractivity contribution in [2.45, 2.75) is 6.92 Å². The van der Waals surface area contributed by atoms with Crippen LogP contribution in [-0.2, 0) is 9.53 Å². The van der Waals surface area contributed by atoms with Gasteiger partial charge in [0.05, 0.1) is 11.5 Å². The number of nitro groups is 1. The molecule has 2 aromatic carbocycles. The lowest BCUT2D eigenvalue weighted by Gasteiger charge is -2.26. The number of carbonyl (C=O) groups is 2. The minimum absolute atomic E-state index is 0.0601. The van der Waals surface area contributed by atoms with E-state index in [1.54, 1.807) is 42.2 Å². The Bertz CT molecular complexity index is 864. The predicted molar refractivity (Wildman–Crippen MR) is 95.4 cm³/mol. The first kappa shape index (κ1) is 17.6. The van der Waals surface area contributed by atoms with Crippen molar-refractivity contribution in [2.75, 3.05) is 30.0 Å². The van der Waals surface area contributed by atoms with Gasteiger partial charge in [0.25, 0.3) is 17.5 Å². The zero-order valence-electron chi connectivity index (χ0n) is 14.1. The minimum atomic E-state index is -0.514. The summed E-state index contributed by atoms with van der Waals surface area (Å²) >= 11 is 0.